The summed E-state index contributed by atoms with van der Waals surface area (Å²) in [5, 5.41) is 0. The molecule has 0 atom stereocenters. The van der Waals surface area contributed by atoms with Gasteiger partial charge in [0, 0.05) is 16.5 Å². The predicted octanol–water partition coefficient (Wildman–Crippen LogP) is 6.44. The summed E-state index contributed by atoms with van der Waals surface area (Å²) >= 11 is 3.63. The van der Waals surface area contributed by atoms with E-state index in [1.54, 1.807) is 0 Å². The Balaban J connectivity index is 2.15. The molecule has 0 aromatic heterocycles. The van der Waals surface area contributed by atoms with Gasteiger partial charge in [-0.1, -0.05) is 90.4 Å². The molecule has 0 saturated heterocycles. The molecule has 0 aliphatic carbocycles. The van der Waals surface area contributed by atoms with Crippen molar-refractivity contribution in [3.63, 3.8) is 0 Å². The molecule has 0 unspecified atom stereocenters. The van der Waals surface area contributed by atoms with Crippen molar-refractivity contribution in [2.75, 3.05) is 0 Å². The van der Waals surface area contributed by atoms with E-state index < -0.39 is 0 Å². The Bertz CT molecular complexity index is 632. The van der Waals surface area contributed by atoms with Crippen LogP contribution in [0.2, 0.25) is 0 Å². The highest BCUT2D eigenvalue weighted by Crippen LogP contribution is 2.30. The van der Waals surface area contributed by atoms with Crippen molar-refractivity contribution in [1.82, 2.24) is 0 Å². The SMILES string of the molecule is CCCCCCC#Cc1ccccc1-c1ccccc1Br. The fourth-order valence-electron chi connectivity index (χ4n) is 2.30. The van der Waals surface area contributed by atoms with E-state index in [2.05, 4.69) is 77.2 Å². The lowest BCUT2D eigenvalue weighted by Crippen LogP contribution is -1.85. The Kier molecular flexibility index (Phi) is 6.57. The van der Waals surface area contributed by atoms with Gasteiger partial charge in [0.25, 0.3) is 0 Å². The highest BCUT2D eigenvalue weighted by atomic mass is 79.9. The molecular formula is C20H21Br. The second kappa shape index (κ2) is 8.70. The standard InChI is InChI=1S/C20H21Br/c1-2-3-4-5-6-7-12-17-13-8-9-14-18(17)19-15-10-11-16-20(19)21/h8-11,13-16H,2-6H2,1H3. The lowest BCUT2D eigenvalue weighted by atomic mass is 10.00. The maximum absolute atomic E-state index is 3.63. The third kappa shape index (κ3) is 4.76. The molecule has 0 saturated carbocycles. The minimum Gasteiger partial charge on any atom is -0.0979 e. The molecule has 0 aliphatic rings. The van der Waals surface area contributed by atoms with Gasteiger partial charge in [0.1, 0.15) is 0 Å². The van der Waals surface area contributed by atoms with Gasteiger partial charge in [-0.15, -0.1) is 0 Å². The van der Waals surface area contributed by atoms with Crippen LogP contribution in [-0.2, 0) is 0 Å². The van der Waals surface area contributed by atoms with E-state index in [0.717, 1.165) is 16.5 Å². The molecule has 0 N–H and O–H groups in total. The molecule has 0 fully saturated rings. The molecule has 0 nitrogen and oxygen atoms in total. The Labute approximate surface area is 136 Å². The molecule has 2 aromatic carbocycles. The maximum Gasteiger partial charge on any atom is 0.0324 e. The number of halogens is 1. The molecule has 2 aromatic rings. The minimum atomic E-state index is 0.990. The van der Waals surface area contributed by atoms with Crippen LogP contribution in [-0.4, -0.2) is 0 Å². The maximum atomic E-state index is 3.63. The second-order valence-corrected chi connectivity index (χ2v) is 5.99. The number of hydrogen-bond donors (Lipinski definition) is 0. The fourth-order valence-corrected chi connectivity index (χ4v) is 2.80. The number of rotatable bonds is 5. The average Bonchev–Trinajstić information content (AvgIpc) is 2.52. The van der Waals surface area contributed by atoms with E-state index in [1.165, 1.54) is 36.8 Å². The van der Waals surface area contributed by atoms with Crippen LogP contribution in [0.15, 0.2) is 53.0 Å². The van der Waals surface area contributed by atoms with Crippen molar-refractivity contribution < 1.29 is 0 Å². The molecule has 0 bridgehead atoms. The monoisotopic (exact) mass is 340 g/mol. The molecule has 0 heterocycles. The van der Waals surface area contributed by atoms with Crippen LogP contribution < -0.4 is 0 Å². The summed E-state index contributed by atoms with van der Waals surface area (Å²) in [4.78, 5) is 0. The quantitative estimate of drug-likeness (QED) is 0.434. The zero-order valence-corrected chi connectivity index (χ0v) is 14.1. The molecule has 108 valence electrons. The molecule has 0 aliphatic heterocycles. The normalized spacial score (nSPS) is 10.0. The first-order valence-corrected chi connectivity index (χ1v) is 8.45. The lowest BCUT2D eigenvalue weighted by molar-refractivity contribution is 0.679. The Hall–Kier alpha value is -1.52. The summed E-state index contributed by atoms with van der Waals surface area (Å²) in [5.74, 6) is 6.67. The van der Waals surface area contributed by atoms with E-state index in [-0.39, 0.29) is 0 Å². The first-order valence-electron chi connectivity index (χ1n) is 7.65. The van der Waals surface area contributed by atoms with Crippen molar-refractivity contribution >= 4 is 15.9 Å². The summed E-state index contributed by atoms with van der Waals surface area (Å²) < 4.78 is 1.11. The molecule has 21 heavy (non-hydrogen) atoms. The highest BCUT2D eigenvalue weighted by molar-refractivity contribution is 9.10. The summed E-state index contributed by atoms with van der Waals surface area (Å²) in [7, 11) is 0. The minimum absolute atomic E-state index is 0.990. The largest absolute Gasteiger partial charge is 0.0979 e. The second-order valence-electron chi connectivity index (χ2n) is 5.14. The van der Waals surface area contributed by atoms with Crippen molar-refractivity contribution in [3.8, 4) is 23.0 Å². The first-order chi connectivity index (χ1) is 10.3. The van der Waals surface area contributed by atoms with Gasteiger partial charge in [0.05, 0.1) is 0 Å². The highest BCUT2D eigenvalue weighted by Gasteiger charge is 2.05. The van der Waals surface area contributed by atoms with Crippen LogP contribution in [0.5, 0.6) is 0 Å². The van der Waals surface area contributed by atoms with Crippen LogP contribution in [0, 0.1) is 11.8 Å². The fraction of sp³-hybridized carbons (Fsp3) is 0.300. The Morgan fingerprint density at radius 3 is 2.33 bits per heavy atom. The van der Waals surface area contributed by atoms with E-state index in [0.29, 0.717) is 0 Å². The average molecular weight is 341 g/mol. The van der Waals surface area contributed by atoms with Gasteiger partial charge in [-0.25, -0.2) is 0 Å². The molecule has 2 rings (SSSR count). The van der Waals surface area contributed by atoms with Crippen molar-refractivity contribution in [2.45, 2.75) is 39.0 Å². The van der Waals surface area contributed by atoms with Gasteiger partial charge in [-0.2, -0.15) is 0 Å². The van der Waals surface area contributed by atoms with E-state index >= 15 is 0 Å². The van der Waals surface area contributed by atoms with Gasteiger partial charge < -0.3 is 0 Å². The summed E-state index contributed by atoms with van der Waals surface area (Å²) in [6.07, 6.45) is 6.08. The summed E-state index contributed by atoms with van der Waals surface area (Å²) in [5.41, 5.74) is 3.51. The van der Waals surface area contributed by atoms with E-state index in [4.69, 9.17) is 0 Å². The third-order valence-electron chi connectivity index (χ3n) is 3.47. The smallest absolute Gasteiger partial charge is 0.0324 e. The molecular weight excluding hydrogens is 320 g/mol. The summed E-state index contributed by atoms with van der Waals surface area (Å²) in [6.45, 7) is 2.24. The van der Waals surface area contributed by atoms with Crippen molar-refractivity contribution in [1.29, 1.82) is 0 Å². The predicted molar refractivity (Wildman–Crippen MR) is 95.2 cm³/mol. The molecule has 0 spiro atoms. The van der Waals surface area contributed by atoms with Crippen molar-refractivity contribution in [3.05, 3.63) is 58.6 Å². The van der Waals surface area contributed by atoms with Crippen LogP contribution >= 0.6 is 15.9 Å². The number of unbranched alkanes of at least 4 members (excludes halogenated alkanes) is 4. The van der Waals surface area contributed by atoms with E-state index in [9.17, 15) is 0 Å². The molecule has 1 heteroatoms. The van der Waals surface area contributed by atoms with Crippen LogP contribution in [0.1, 0.15) is 44.6 Å². The van der Waals surface area contributed by atoms with Gasteiger partial charge in [0.2, 0.25) is 0 Å². The van der Waals surface area contributed by atoms with Gasteiger partial charge in [-0.05, 0) is 29.7 Å². The zero-order valence-electron chi connectivity index (χ0n) is 12.5. The van der Waals surface area contributed by atoms with E-state index in [1.807, 2.05) is 6.07 Å². The number of benzene rings is 2. The van der Waals surface area contributed by atoms with Crippen molar-refractivity contribution in [2.24, 2.45) is 0 Å². The van der Waals surface area contributed by atoms with Gasteiger partial charge >= 0.3 is 0 Å². The topological polar surface area (TPSA) is 0 Å². The molecule has 0 amide bonds. The van der Waals surface area contributed by atoms with Gasteiger partial charge in [0.15, 0.2) is 0 Å². The van der Waals surface area contributed by atoms with Crippen LogP contribution in [0.3, 0.4) is 0 Å². The summed E-state index contributed by atoms with van der Waals surface area (Å²) in [6, 6.07) is 16.7. The Morgan fingerprint density at radius 1 is 0.857 bits per heavy atom. The zero-order chi connectivity index (χ0) is 14.9. The lowest BCUT2D eigenvalue weighted by Gasteiger charge is -2.06. The van der Waals surface area contributed by atoms with Gasteiger partial charge in [-0.3, -0.25) is 0 Å². The van der Waals surface area contributed by atoms with Crippen LogP contribution in [0.4, 0.5) is 0 Å². The first kappa shape index (κ1) is 15.9. The Morgan fingerprint density at radius 2 is 1.57 bits per heavy atom. The molecule has 0 radical (unpaired) electrons. The third-order valence-corrected chi connectivity index (χ3v) is 4.16. The number of hydrogen-bond acceptors (Lipinski definition) is 0. The van der Waals surface area contributed by atoms with Crippen LogP contribution in [0.25, 0.3) is 11.1 Å².